The molecule has 9 nitrogen and oxygen atoms in total. The number of nitrogens with one attached hydrogen (secondary N) is 2. The number of anilines is 2. The predicted octanol–water partition coefficient (Wildman–Crippen LogP) is 3.17. The van der Waals surface area contributed by atoms with Crippen molar-refractivity contribution in [2.45, 2.75) is 19.8 Å². The van der Waals surface area contributed by atoms with E-state index in [9.17, 15) is 14.4 Å². The molecule has 0 saturated carbocycles. The standard InChI is InChI=1S/C25H31N3O6/c1-4-34-25(31)18-5-7-19(8-6-18)26-24(30)17-11-13-28(14-12-17)16-23(29)27-21-10-9-20(32-2)15-22(21)33-3/h5-10,15,17H,4,11-14,16H2,1-3H3,(H,26,30)(H,27,29). The smallest absolute Gasteiger partial charge is 0.338 e. The summed E-state index contributed by atoms with van der Waals surface area (Å²) in [5, 5.41) is 5.78. The highest BCUT2D eigenvalue weighted by molar-refractivity contribution is 5.95. The molecule has 182 valence electrons. The van der Waals surface area contributed by atoms with E-state index in [1.807, 2.05) is 4.90 Å². The number of likely N-dealkylation sites (tertiary alicyclic amines) is 1. The summed E-state index contributed by atoms with van der Waals surface area (Å²) in [4.78, 5) is 39.0. The van der Waals surface area contributed by atoms with Crippen LogP contribution in [0, 0.1) is 5.92 Å². The molecular weight excluding hydrogens is 438 g/mol. The summed E-state index contributed by atoms with van der Waals surface area (Å²) in [6, 6.07) is 11.9. The second-order valence-electron chi connectivity index (χ2n) is 7.95. The zero-order valence-electron chi connectivity index (χ0n) is 19.8. The monoisotopic (exact) mass is 469 g/mol. The van der Waals surface area contributed by atoms with E-state index in [4.69, 9.17) is 14.2 Å². The predicted molar refractivity (Wildman–Crippen MR) is 128 cm³/mol. The third-order valence-electron chi connectivity index (χ3n) is 5.67. The SMILES string of the molecule is CCOC(=O)c1ccc(NC(=O)C2CCN(CC(=O)Nc3ccc(OC)cc3OC)CC2)cc1. The Balaban J connectivity index is 1.45. The number of carbonyl (C=O) groups is 3. The molecule has 1 aliphatic heterocycles. The number of piperidine rings is 1. The van der Waals surface area contributed by atoms with Gasteiger partial charge in [0.1, 0.15) is 11.5 Å². The number of nitrogens with zero attached hydrogens (tertiary/aromatic N) is 1. The van der Waals surface area contributed by atoms with Crippen molar-refractivity contribution in [1.82, 2.24) is 4.90 Å². The maximum absolute atomic E-state index is 12.7. The van der Waals surface area contributed by atoms with Crippen LogP contribution < -0.4 is 20.1 Å². The molecule has 9 heteroatoms. The summed E-state index contributed by atoms with van der Waals surface area (Å²) in [5.41, 5.74) is 1.66. The number of benzene rings is 2. The van der Waals surface area contributed by atoms with Crippen molar-refractivity contribution < 1.29 is 28.6 Å². The molecule has 0 aliphatic carbocycles. The van der Waals surface area contributed by atoms with Crippen LogP contribution in [0.15, 0.2) is 42.5 Å². The first kappa shape index (κ1) is 25.0. The second kappa shape index (κ2) is 12.0. The van der Waals surface area contributed by atoms with Crippen molar-refractivity contribution in [3.63, 3.8) is 0 Å². The Morgan fingerprint density at radius 1 is 0.971 bits per heavy atom. The first-order valence-corrected chi connectivity index (χ1v) is 11.3. The first-order valence-electron chi connectivity index (χ1n) is 11.3. The van der Waals surface area contributed by atoms with E-state index >= 15 is 0 Å². The highest BCUT2D eigenvalue weighted by atomic mass is 16.5. The summed E-state index contributed by atoms with van der Waals surface area (Å²) in [5.74, 6) is 0.445. The van der Waals surface area contributed by atoms with Crippen LogP contribution in [0.2, 0.25) is 0 Å². The average Bonchev–Trinajstić information content (AvgIpc) is 2.85. The molecule has 1 aliphatic rings. The molecule has 1 saturated heterocycles. The molecule has 0 radical (unpaired) electrons. The molecule has 0 bridgehead atoms. The van der Waals surface area contributed by atoms with Crippen LogP contribution in [0.3, 0.4) is 0 Å². The summed E-state index contributed by atoms with van der Waals surface area (Å²) in [6.45, 7) is 3.59. The van der Waals surface area contributed by atoms with Crippen molar-refractivity contribution in [2.75, 3.05) is 51.1 Å². The molecule has 0 atom stereocenters. The van der Waals surface area contributed by atoms with E-state index in [1.54, 1.807) is 56.5 Å². The quantitative estimate of drug-likeness (QED) is 0.544. The third kappa shape index (κ3) is 6.71. The lowest BCUT2D eigenvalue weighted by Gasteiger charge is -2.30. The Labute approximate surface area is 199 Å². The van der Waals surface area contributed by atoms with Crippen molar-refractivity contribution in [2.24, 2.45) is 5.92 Å². The number of hydrogen-bond acceptors (Lipinski definition) is 7. The zero-order valence-corrected chi connectivity index (χ0v) is 19.8. The molecule has 2 amide bonds. The second-order valence-corrected chi connectivity index (χ2v) is 7.95. The maximum atomic E-state index is 12.7. The van der Waals surface area contributed by atoms with E-state index in [2.05, 4.69) is 10.6 Å². The molecule has 2 aromatic rings. The van der Waals surface area contributed by atoms with Crippen molar-refractivity contribution in [3.8, 4) is 11.5 Å². The molecule has 1 heterocycles. The van der Waals surface area contributed by atoms with Gasteiger partial charge < -0.3 is 24.8 Å². The van der Waals surface area contributed by atoms with Gasteiger partial charge in [0, 0.05) is 17.7 Å². The van der Waals surface area contributed by atoms with Gasteiger partial charge in [0.05, 0.1) is 38.6 Å². The van der Waals surface area contributed by atoms with Crippen LogP contribution in [0.25, 0.3) is 0 Å². The van der Waals surface area contributed by atoms with Gasteiger partial charge in [-0.25, -0.2) is 4.79 Å². The molecule has 2 N–H and O–H groups in total. The third-order valence-corrected chi connectivity index (χ3v) is 5.67. The Morgan fingerprint density at radius 2 is 1.68 bits per heavy atom. The van der Waals surface area contributed by atoms with Crippen LogP contribution in [0.1, 0.15) is 30.1 Å². The molecular formula is C25H31N3O6. The number of ether oxygens (including phenoxy) is 3. The maximum Gasteiger partial charge on any atom is 0.338 e. The highest BCUT2D eigenvalue weighted by Gasteiger charge is 2.26. The van der Waals surface area contributed by atoms with Crippen molar-refractivity contribution in [3.05, 3.63) is 48.0 Å². The lowest BCUT2D eigenvalue weighted by atomic mass is 9.95. The minimum absolute atomic E-state index is 0.0593. The lowest BCUT2D eigenvalue weighted by Crippen LogP contribution is -2.41. The van der Waals surface area contributed by atoms with Crippen LogP contribution in [0.5, 0.6) is 11.5 Å². The fourth-order valence-electron chi connectivity index (χ4n) is 3.80. The number of esters is 1. The molecule has 34 heavy (non-hydrogen) atoms. The Morgan fingerprint density at radius 3 is 2.29 bits per heavy atom. The highest BCUT2D eigenvalue weighted by Crippen LogP contribution is 2.29. The van der Waals surface area contributed by atoms with Crippen LogP contribution in [-0.4, -0.2) is 63.1 Å². The van der Waals surface area contributed by atoms with Gasteiger partial charge in [0.25, 0.3) is 0 Å². The number of carbonyl (C=O) groups excluding carboxylic acids is 3. The summed E-state index contributed by atoms with van der Waals surface area (Å²) in [6.07, 6.45) is 1.32. The number of amides is 2. The van der Waals surface area contributed by atoms with Gasteiger partial charge in [-0.15, -0.1) is 0 Å². The van der Waals surface area contributed by atoms with E-state index in [-0.39, 0.29) is 30.2 Å². The van der Waals surface area contributed by atoms with E-state index in [1.165, 1.54) is 7.11 Å². The largest absolute Gasteiger partial charge is 0.497 e. The van der Waals surface area contributed by atoms with Crippen molar-refractivity contribution >= 4 is 29.2 Å². The van der Waals surface area contributed by atoms with E-state index in [0.717, 1.165) is 0 Å². The fraction of sp³-hybridized carbons (Fsp3) is 0.400. The summed E-state index contributed by atoms with van der Waals surface area (Å²) in [7, 11) is 3.10. The summed E-state index contributed by atoms with van der Waals surface area (Å²) >= 11 is 0. The van der Waals surface area contributed by atoms with Gasteiger partial charge >= 0.3 is 5.97 Å². The number of methoxy groups -OCH3 is 2. The first-order chi connectivity index (χ1) is 16.4. The number of hydrogen-bond donors (Lipinski definition) is 2. The molecule has 0 spiro atoms. The number of rotatable bonds is 9. The zero-order chi connectivity index (χ0) is 24.5. The van der Waals surface area contributed by atoms with Gasteiger partial charge in [-0.1, -0.05) is 0 Å². The Bertz CT molecular complexity index is 1000. The molecule has 0 aromatic heterocycles. The van der Waals surface area contributed by atoms with Gasteiger partial charge in [-0.05, 0) is 69.3 Å². The average molecular weight is 470 g/mol. The molecule has 0 unspecified atom stereocenters. The van der Waals surface area contributed by atoms with Crippen molar-refractivity contribution in [1.29, 1.82) is 0 Å². The Hall–Kier alpha value is -3.59. The lowest BCUT2D eigenvalue weighted by molar-refractivity contribution is -0.121. The Kier molecular flexibility index (Phi) is 8.86. The molecule has 1 fully saturated rings. The van der Waals surface area contributed by atoms with Crippen LogP contribution >= 0.6 is 0 Å². The molecule has 3 rings (SSSR count). The minimum Gasteiger partial charge on any atom is -0.497 e. The minimum atomic E-state index is -0.387. The fourth-order valence-corrected chi connectivity index (χ4v) is 3.80. The van der Waals surface area contributed by atoms with Gasteiger partial charge in [0.2, 0.25) is 11.8 Å². The topological polar surface area (TPSA) is 106 Å². The van der Waals surface area contributed by atoms with E-state index < -0.39 is 0 Å². The van der Waals surface area contributed by atoms with E-state index in [0.29, 0.717) is 61.0 Å². The van der Waals surface area contributed by atoms with Gasteiger partial charge in [-0.2, -0.15) is 0 Å². The summed E-state index contributed by atoms with van der Waals surface area (Å²) < 4.78 is 15.5. The van der Waals surface area contributed by atoms with Gasteiger partial charge in [0.15, 0.2) is 0 Å². The van der Waals surface area contributed by atoms with Gasteiger partial charge in [-0.3, -0.25) is 14.5 Å². The van der Waals surface area contributed by atoms with Crippen LogP contribution in [0.4, 0.5) is 11.4 Å². The molecule has 2 aromatic carbocycles. The normalized spacial score (nSPS) is 14.2. The van der Waals surface area contributed by atoms with Crippen LogP contribution in [-0.2, 0) is 14.3 Å².